The van der Waals surface area contributed by atoms with Crippen molar-refractivity contribution in [1.29, 1.82) is 0 Å². The van der Waals surface area contributed by atoms with Gasteiger partial charge in [0.15, 0.2) is 0 Å². The molecule has 0 bridgehead atoms. The van der Waals surface area contributed by atoms with Crippen molar-refractivity contribution >= 4 is 6.08 Å². The van der Waals surface area contributed by atoms with Crippen LogP contribution in [0.4, 0.5) is 26.3 Å². The lowest BCUT2D eigenvalue weighted by atomic mass is 10.1. The number of rotatable bonds is 3. The maximum Gasteiger partial charge on any atom is 0.416 e. The van der Waals surface area contributed by atoms with E-state index in [1.54, 1.807) is 6.08 Å². The summed E-state index contributed by atoms with van der Waals surface area (Å²) in [5, 5.41) is 0. The van der Waals surface area contributed by atoms with Crippen molar-refractivity contribution in [2.45, 2.75) is 18.8 Å². The van der Waals surface area contributed by atoms with E-state index in [1.165, 1.54) is 18.2 Å². The molecular weight excluding hydrogens is 320 g/mol. The summed E-state index contributed by atoms with van der Waals surface area (Å²) in [7, 11) is 0. The summed E-state index contributed by atoms with van der Waals surface area (Å²) < 4.78 is 74.9. The smallest absolute Gasteiger partial charge is 0.261 e. The zero-order chi connectivity index (χ0) is 17.1. The van der Waals surface area contributed by atoms with Crippen LogP contribution in [-0.2, 0) is 18.8 Å². The van der Waals surface area contributed by atoms with E-state index < -0.39 is 23.5 Å². The van der Waals surface area contributed by atoms with Crippen LogP contribution in [-0.4, -0.2) is 4.98 Å². The average Bonchev–Trinajstić information content (AvgIpc) is 2.46. The van der Waals surface area contributed by atoms with E-state index >= 15 is 0 Å². The van der Waals surface area contributed by atoms with Crippen LogP contribution in [0.15, 0.2) is 48.7 Å². The first-order valence-corrected chi connectivity index (χ1v) is 6.52. The highest BCUT2D eigenvalue weighted by molar-refractivity contribution is 5.50. The molecule has 0 aliphatic carbocycles. The zero-order valence-electron chi connectivity index (χ0n) is 11.6. The summed E-state index contributed by atoms with van der Waals surface area (Å²) in [6.07, 6.45) is -4.54. The molecule has 1 heterocycles. The Balaban J connectivity index is 2.05. The van der Waals surface area contributed by atoms with Crippen LogP contribution >= 0.6 is 0 Å². The Kier molecular flexibility index (Phi) is 4.77. The summed E-state index contributed by atoms with van der Waals surface area (Å²) in [5.74, 6) is 0. The molecule has 0 aliphatic rings. The third-order valence-corrected chi connectivity index (χ3v) is 3.02. The lowest BCUT2D eigenvalue weighted by Gasteiger charge is -2.07. The number of alkyl halides is 6. The van der Waals surface area contributed by atoms with E-state index in [1.807, 2.05) is 0 Å². The molecule has 0 aliphatic heterocycles. The molecular formula is C16H11F6N. The van der Waals surface area contributed by atoms with Gasteiger partial charge in [0, 0.05) is 18.3 Å². The van der Waals surface area contributed by atoms with Crippen LogP contribution in [0.2, 0.25) is 0 Å². The van der Waals surface area contributed by atoms with Crippen molar-refractivity contribution in [2.24, 2.45) is 0 Å². The van der Waals surface area contributed by atoms with E-state index in [9.17, 15) is 26.3 Å². The van der Waals surface area contributed by atoms with Crippen LogP contribution in [0.5, 0.6) is 0 Å². The number of pyridine rings is 1. The van der Waals surface area contributed by atoms with E-state index in [0.717, 1.165) is 30.5 Å². The van der Waals surface area contributed by atoms with E-state index in [0.29, 0.717) is 5.56 Å². The van der Waals surface area contributed by atoms with Gasteiger partial charge in [-0.2, -0.15) is 26.3 Å². The van der Waals surface area contributed by atoms with Gasteiger partial charge in [-0.15, -0.1) is 0 Å². The second-order valence-corrected chi connectivity index (χ2v) is 4.76. The fourth-order valence-corrected chi connectivity index (χ4v) is 1.87. The predicted octanol–water partition coefficient (Wildman–Crippen LogP) is 5.38. The minimum Gasteiger partial charge on any atom is -0.261 e. The Morgan fingerprint density at radius 2 is 1.43 bits per heavy atom. The fraction of sp³-hybridized carbons (Fsp3) is 0.188. The summed E-state index contributed by atoms with van der Waals surface area (Å²) in [6, 6.07) is 6.29. The second kappa shape index (κ2) is 6.44. The number of aromatic nitrogens is 1. The largest absolute Gasteiger partial charge is 0.416 e. The molecule has 0 radical (unpaired) electrons. The molecule has 0 amide bonds. The van der Waals surface area contributed by atoms with E-state index in [2.05, 4.69) is 4.98 Å². The zero-order valence-corrected chi connectivity index (χ0v) is 11.6. The highest BCUT2D eigenvalue weighted by Gasteiger charge is 2.30. The number of hydrogen-bond donors (Lipinski definition) is 0. The number of halogens is 6. The molecule has 7 heteroatoms. The van der Waals surface area contributed by atoms with Crippen LogP contribution < -0.4 is 0 Å². The van der Waals surface area contributed by atoms with Gasteiger partial charge >= 0.3 is 12.4 Å². The lowest BCUT2D eigenvalue weighted by molar-refractivity contribution is -0.138. The number of benzene rings is 1. The Bertz CT molecular complexity index is 683. The van der Waals surface area contributed by atoms with Crippen LogP contribution in [0, 0.1) is 0 Å². The molecule has 1 nitrogen and oxygen atoms in total. The van der Waals surface area contributed by atoms with E-state index in [4.69, 9.17) is 0 Å². The molecule has 0 atom stereocenters. The first kappa shape index (κ1) is 17.1. The SMILES string of the molecule is FC(F)(F)c1ccc(C=CCc2cc(C(F)(F)F)ccn2)cc1. The van der Waals surface area contributed by atoms with Gasteiger partial charge in [0.2, 0.25) is 0 Å². The monoisotopic (exact) mass is 331 g/mol. The summed E-state index contributed by atoms with van der Waals surface area (Å²) in [4.78, 5) is 3.83. The summed E-state index contributed by atoms with van der Waals surface area (Å²) in [6.45, 7) is 0. The number of allylic oxidation sites excluding steroid dienone is 1. The predicted molar refractivity (Wildman–Crippen MR) is 73.4 cm³/mol. The van der Waals surface area contributed by atoms with Gasteiger partial charge in [-0.1, -0.05) is 24.3 Å². The lowest BCUT2D eigenvalue weighted by Crippen LogP contribution is -2.06. The highest BCUT2D eigenvalue weighted by Crippen LogP contribution is 2.30. The molecule has 2 rings (SSSR count). The normalized spacial score (nSPS) is 12.8. The van der Waals surface area contributed by atoms with Gasteiger partial charge < -0.3 is 0 Å². The molecule has 0 fully saturated rings. The molecule has 2 aromatic rings. The molecule has 1 aromatic heterocycles. The molecule has 1 aromatic carbocycles. The summed E-state index contributed by atoms with van der Waals surface area (Å²) in [5.41, 5.74) is -0.799. The molecule has 0 unspecified atom stereocenters. The third-order valence-electron chi connectivity index (χ3n) is 3.02. The Morgan fingerprint density at radius 1 is 0.826 bits per heavy atom. The maximum absolute atomic E-state index is 12.6. The van der Waals surface area contributed by atoms with Gasteiger partial charge in [-0.05, 0) is 29.8 Å². The molecule has 0 saturated heterocycles. The average molecular weight is 331 g/mol. The standard InChI is InChI=1S/C16H11F6N/c17-15(18,19)12-6-4-11(5-7-12)2-1-3-14-10-13(8-9-23-14)16(20,21)22/h1-2,4-10H,3H2. The maximum atomic E-state index is 12.6. The quantitative estimate of drug-likeness (QED) is 0.689. The highest BCUT2D eigenvalue weighted by atomic mass is 19.4. The fourth-order valence-electron chi connectivity index (χ4n) is 1.87. The van der Waals surface area contributed by atoms with Gasteiger partial charge in [-0.25, -0.2) is 0 Å². The Hall–Kier alpha value is -2.31. The van der Waals surface area contributed by atoms with Crippen molar-refractivity contribution in [3.63, 3.8) is 0 Å². The van der Waals surface area contributed by atoms with Crippen LogP contribution in [0.1, 0.15) is 22.4 Å². The topological polar surface area (TPSA) is 12.9 Å². The molecule has 122 valence electrons. The molecule has 0 spiro atoms. The molecule has 0 N–H and O–H groups in total. The third kappa shape index (κ3) is 4.84. The molecule has 23 heavy (non-hydrogen) atoms. The minimum atomic E-state index is -4.44. The van der Waals surface area contributed by atoms with Crippen molar-refractivity contribution < 1.29 is 26.3 Å². The van der Waals surface area contributed by atoms with Crippen LogP contribution in [0.25, 0.3) is 6.08 Å². The minimum absolute atomic E-state index is 0.144. The van der Waals surface area contributed by atoms with Crippen molar-refractivity contribution in [3.8, 4) is 0 Å². The number of nitrogens with zero attached hydrogens (tertiary/aromatic N) is 1. The number of hydrogen-bond acceptors (Lipinski definition) is 1. The van der Waals surface area contributed by atoms with Gasteiger partial charge in [-0.3, -0.25) is 4.98 Å². The van der Waals surface area contributed by atoms with Crippen molar-refractivity contribution in [3.05, 3.63) is 71.1 Å². The van der Waals surface area contributed by atoms with Crippen LogP contribution in [0.3, 0.4) is 0 Å². The van der Waals surface area contributed by atoms with E-state index in [-0.39, 0.29) is 12.1 Å². The first-order chi connectivity index (χ1) is 10.7. The van der Waals surface area contributed by atoms with Gasteiger partial charge in [0.05, 0.1) is 11.1 Å². The van der Waals surface area contributed by atoms with Crippen molar-refractivity contribution in [1.82, 2.24) is 4.98 Å². The Morgan fingerprint density at radius 3 is 2.00 bits per heavy atom. The Labute approximate surface area is 128 Å². The first-order valence-electron chi connectivity index (χ1n) is 6.52. The molecule has 0 saturated carbocycles. The van der Waals surface area contributed by atoms with Gasteiger partial charge in [0.25, 0.3) is 0 Å². The van der Waals surface area contributed by atoms with Gasteiger partial charge in [0.1, 0.15) is 0 Å². The summed E-state index contributed by atoms with van der Waals surface area (Å²) >= 11 is 0. The van der Waals surface area contributed by atoms with Crippen molar-refractivity contribution in [2.75, 3.05) is 0 Å². The second-order valence-electron chi connectivity index (χ2n) is 4.76.